The molecule has 0 aliphatic carbocycles. The Hall–Kier alpha value is -1.93. The van der Waals surface area contributed by atoms with E-state index < -0.39 is 10.0 Å². The third kappa shape index (κ3) is 3.03. The zero-order chi connectivity index (χ0) is 17.2. The van der Waals surface area contributed by atoms with E-state index in [1.165, 1.54) is 7.11 Å². The van der Waals surface area contributed by atoms with E-state index in [1.54, 1.807) is 34.9 Å². The van der Waals surface area contributed by atoms with Crippen molar-refractivity contribution >= 4 is 10.0 Å². The Balaban J connectivity index is 2.00. The van der Waals surface area contributed by atoms with E-state index in [9.17, 15) is 8.42 Å². The second kappa shape index (κ2) is 6.90. The second-order valence-electron chi connectivity index (χ2n) is 5.78. The molecule has 1 aliphatic heterocycles. The maximum atomic E-state index is 13.2. The lowest BCUT2D eigenvalue weighted by Crippen LogP contribution is -2.39. The van der Waals surface area contributed by atoms with E-state index in [0.29, 0.717) is 24.7 Å². The van der Waals surface area contributed by atoms with Gasteiger partial charge in [0.2, 0.25) is 10.0 Å². The minimum atomic E-state index is -3.62. The molecular formula is C16H22N4O3S. The number of aryl methyl sites for hydroxylation is 1. The third-order valence-corrected chi connectivity index (χ3v) is 6.29. The first-order valence-corrected chi connectivity index (χ1v) is 9.55. The Morgan fingerprint density at radius 3 is 2.92 bits per heavy atom. The molecule has 8 heteroatoms. The lowest BCUT2D eigenvalue weighted by atomic mass is 10.0. The van der Waals surface area contributed by atoms with Crippen molar-refractivity contribution in [2.45, 2.75) is 43.7 Å². The molecule has 1 fully saturated rings. The number of sulfonamides is 1. The van der Waals surface area contributed by atoms with E-state index in [-0.39, 0.29) is 10.9 Å². The first-order chi connectivity index (χ1) is 11.6. The topological polar surface area (TPSA) is 77.3 Å². The fraction of sp³-hybridized carbons (Fsp3) is 0.500. The summed E-state index contributed by atoms with van der Waals surface area (Å²) in [5.74, 6) is 1.24. The quantitative estimate of drug-likeness (QED) is 0.826. The Bertz CT molecular complexity index is 803. The summed E-state index contributed by atoms with van der Waals surface area (Å²) in [4.78, 5) is 0.247. The molecule has 0 saturated carbocycles. The van der Waals surface area contributed by atoms with Gasteiger partial charge in [0, 0.05) is 19.2 Å². The van der Waals surface area contributed by atoms with E-state index in [0.717, 1.165) is 19.3 Å². The highest BCUT2D eigenvalue weighted by Crippen LogP contribution is 2.35. The van der Waals surface area contributed by atoms with Crippen LogP contribution in [-0.2, 0) is 16.6 Å². The molecule has 3 rings (SSSR count). The SMILES string of the molecule is CCn1cnnc1[C@@H]1CCCCN1S(=O)(=O)c1cccc(OC)c1. The van der Waals surface area contributed by atoms with Gasteiger partial charge in [-0.1, -0.05) is 12.5 Å². The molecule has 1 aromatic heterocycles. The van der Waals surface area contributed by atoms with Crippen LogP contribution in [0.15, 0.2) is 35.5 Å². The Morgan fingerprint density at radius 2 is 2.17 bits per heavy atom. The predicted octanol–water partition coefficient (Wildman–Crippen LogP) is 2.22. The van der Waals surface area contributed by atoms with Crippen molar-refractivity contribution in [3.63, 3.8) is 0 Å². The number of rotatable bonds is 5. The number of benzene rings is 1. The lowest BCUT2D eigenvalue weighted by molar-refractivity contribution is 0.241. The molecule has 7 nitrogen and oxygen atoms in total. The number of ether oxygens (including phenoxy) is 1. The molecule has 1 aliphatic rings. The number of methoxy groups -OCH3 is 1. The van der Waals surface area contributed by atoms with Crippen molar-refractivity contribution in [2.24, 2.45) is 0 Å². The van der Waals surface area contributed by atoms with Crippen LogP contribution in [0.2, 0.25) is 0 Å². The van der Waals surface area contributed by atoms with E-state index >= 15 is 0 Å². The average molecular weight is 350 g/mol. The van der Waals surface area contributed by atoms with Gasteiger partial charge in [0.25, 0.3) is 0 Å². The largest absolute Gasteiger partial charge is 0.497 e. The van der Waals surface area contributed by atoms with Gasteiger partial charge in [-0.3, -0.25) is 0 Å². The highest BCUT2D eigenvalue weighted by molar-refractivity contribution is 7.89. The second-order valence-corrected chi connectivity index (χ2v) is 7.67. The molecule has 24 heavy (non-hydrogen) atoms. The summed E-state index contributed by atoms with van der Waals surface area (Å²) in [6.45, 7) is 3.20. The van der Waals surface area contributed by atoms with Crippen molar-refractivity contribution in [1.82, 2.24) is 19.1 Å². The van der Waals surface area contributed by atoms with Gasteiger partial charge < -0.3 is 9.30 Å². The van der Waals surface area contributed by atoms with Gasteiger partial charge in [-0.2, -0.15) is 4.31 Å². The molecule has 2 heterocycles. The van der Waals surface area contributed by atoms with Gasteiger partial charge in [0.1, 0.15) is 12.1 Å². The van der Waals surface area contributed by atoms with Gasteiger partial charge in [0.15, 0.2) is 5.82 Å². The molecule has 0 bridgehead atoms. The summed E-state index contributed by atoms with van der Waals surface area (Å²) in [6.07, 6.45) is 4.23. The van der Waals surface area contributed by atoms with Crippen molar-refractivity contribution in [3.8, 4) is 5.75 Å². The average Bonchev–Trinajstić information content (AvgIpc) is 3.10. The minimum Gasteiger partial charge on any atom is -0.497 e. The Kier molecular flexibility index (Phi) is 4.86. The van der Waals surface area contributed by atoms with Gasteiger partial charge in [-0.25, -0.2) is 8.42 Å². The summed E-state index contributed by atoms with van der Waals surface area (Å²) in [7, 11) is -2.10. The van der Waals surface area contributed by atoms with E-state index in [4.69, 9.17) is 4.74 Å². The van der Waals surface area contributed by atoms with Gasteiger partial charge in [-0.05, 0) is 31.9 Å². The number of hydrogen-bond acceptors (Lipinski definition) is 5. The monoisotopic (exact) mass is 350 g/mol. The van der Waals surface area contributed by atoms with Crippen molar-refractivity contribution in [2.75, 3.05) is 13.7 Å². The maximum absolute atomic E-state index is 13.2. The van der Waals surface area contributed by atoms with Gasteiger partial charge in [-0.15, -0.1) is 10.2 Å². The molecule has 0 radical (unpaired) electrons. The first kappa shape index (κ1) is 16.9. The van der Waals surface area contributed by atoms with Crippen LogP contribution in [0.4, 0.5) is 0 Å². The van der Waals surface area contributed by atoms with Crippen LogP contribution in [-0.4, -0.2) is 41.1 Å². The van der Waals surface area contributed by atoms with Crippen LogP contribution in [0, 0.1) is 0 Å². The number of hydrogen-bond donors (Lipinski definition) is 0. The fourth-order valence-electron chi connectivity index (χ4n) is 3.11. The zero-order valence-corrected chi connectivity index (χ0v) is 14.7. The standard InChI is InChI=1S/C16H22N4O3S/c1-3-19-12-17-18-16(19)15-9-4-5-10-20(15)24(21,22)14-8-6-7-13(11-14)23-2/h6-8,11-12,15H,3-5,9-10H2,1-2H3/t15-/m0/s1. The molecular weight excluding hydrogens is 328 g/mol. The smallest absolute Gasteiger partial charge is 0.243 e. The third-order valence-electron chi connectivity index (χ3n) is 4.39. The van der Waals surface area contributed by atoms with Crippen molar-refractivity contribution in [1.29, 1.82) is 0 Å². The molecule has 1 saturated heterocycles. The van der Waals surface area contributed by atoms with Crippen LogP contribution in [0.1, 0.15) is 38.1 Å². The summed E-state index contributed by atoms with van der Waals surface area (Å²) in [6, 6.07) is 6.32. The number of piperidine rings is 1. The molecule has 0 spiro atoms. The Morgan fingerprint density at radius 1 is 1.33 bits per heavy atom. The summed E-state index contributed by atoms with van der Waals surface area (Å²) in [5.41, 5.74) is 0. The molecule has 2 aromatic rings. The van der Waals surface area contributed by atoms with Crippen LogP contribution < -0.4 is 4.74 Å². The van der Waals surface area contributed by atoms with Crippen LogP contribution in [0.25, 0.3) is 0 Å². The van der Waals surface area contributed by atoms with Crippen molar-refractivity contribution in [3.05, 3.63) is 36.4 Å². The van der Waals surface area contributed by atoms with Crippen LogP contribution in [0.3, 0.4) is 0 Å². The van der Waals surface area contributed by atoms with Gasteiger partial charge in [0.05, 0.1) is 18.0 Å². The van der Waals surface area contributed by atoms with Crippen LogP contribution in [0.5, 0.6) is 5.75 Å². The highest BCUT2D eigenvalue weighted by Gasteiger charge is 2.36. The summed E-state index contributed by atoms with van der Waals surface area (Å²) in [5, 5.41) is 8.14. The van der Waals surface area contributed by atoms with E-state index in [2.05, 4.69) is 10.2 Å². The number of nitrogens with zero attached hydrogens (tertiary/aromatic N) is 4. The summed E-state index contributed by atoms with van der Waals surface area (Å²) < 4.78 is 35.0. The summed E-state index contributed by atoms with van der Waals surface area (Å²) >= 11 is 0. The molecule has 1 atom stereocenters. The Labute approximate surface area is 142 Å². The normalized spacial score (nSPS) is 19.3. The maximum Gasteiger partial charge on any atom is 0.243 e. The molecule has 0 unspecified atom stereocenters. The zero-order valence-electron chi connectivity index (χ0n) is 13.9. The fourth-order valence-corrected chi connectivity index (χ4v) is 4.80. The minimum absolute atomic E-state index is 0.247. The van der Waals surface area contributed by atoms with E-state index in [1.807, 2.05) is 11.5 Å². The molecule has 130 valence electrons. The molecule has 0 amide bonds. The predicted molar refractivity (Wildman–Crippen MR) is 89.2 cm³/mol. The van der Waals surface area contributed by atoms with Crippen molar-refractivity contribution < 1.29 is 13.2 Å². The van der Waals surface area contributed by atoms with Gasteiger partial charge >= 0.3 is 0 Å². The number of aromatic nitrogens is 3. The first-order valence-electron chi connectivity index (χ1n) is 8.11. The lowest BCUT2D eigenvalue weighted by Gasteiger charge is -2.34. The molecule has 0 N–H and O–H groups in total. The highest BCUT2D eigenvalue weighted by atomic mass is 32.2. The van der Waals surface area contributed by atoms with Crippen LogP contribution >= 0.6 is 0 Å². The molecule has 1 aromatic carbocycles.